The normalized spacial score (nSPS) is 10.6. The van der Waals surface area contributed by atoms with Gasteiger partial charge in [-0.3, -0.25) is 14.5 Å². The van der Waals surface area contributed by atoms with E-state index in [4.69, 9.17) is 10.5 Å². The van der Waals surface area contributed by atoms with Gasteiger partial charge in [-0.1, -0.05) is 12.1 Å². The number of hydrogen-bond acceptors (Lipinski definition) is 5. The van der Waals surface area contributed by atoms with Gasteiger partial charge in [0.05, 0.1) is 24.2 Å². The number of carbonyl (C=O) groups is 1. The van der Waals surface area contributed by atoms with Gasteiger partial charge in [-0.15, -0.1) is 0 Å². The van der Waals surface area contributed by atoms with Crippen molar-refractivity contribution in [2.24, 2.45) is 7.05 Å². The van der Waals surface area contributed by atoms with E-state index >= 15 is 0 Å². The molecule has 2 aromatic heterocycles. The first kappa shape index (κ1) is 16.7. The molecule has 0 aliphatic rings. The zero-order valence-corrected chi connectivity index (χ0v) is 14.1. The molecule has 128 valence electrons. The van der Waals surface area contributed by atoms with Crippen molar-refractivity contribution in [3.63, 3.8) is 0 Å². The molecule has 3 rings (SSSR count). The van der Waals surface area contributed by atoms with Crippen LogP contribution >= 0.6 is 0 Å². The van der Waals surface area contributed by atoms with E-state index in [1.165, 1.54) is 0 Å². The van der Waals surface area contributed by atoms with Gasteiger partial charge in [0.25, 0.3) is 5.91 Å². The van der Waals surface area contributed by atoms with Crippen molar-refractivity contribution in [2.75, 3.05) is 18.2 Å². The van der Waals surface area contributed by atoms with Crippen LogP contribution in [0.3, 0.4) is 0 Å². The summed E-state index contributed by atoms with van der Waals surface area (Å²) in [7, 11) is 3.46. The molecule has 0 aliphatic carbocycles. The fraction of sp³-hybridized carbons (Fsp3) is 0.167. The van der Waals surface area contributed by atoms with Gasteiger partial charge in [0, 0.05) is 32.1 Å². The number of rotatable bonds is 5. The van der Waals surface area contributed by atoms with Gasteiger partial charge in [-0.25, -0.2) is 0 Å². The summed E-state index contributed by atoms with van der Waals surface area (Å²) in [6, 6.07) is 8.93. The average molecular weight is 337 g/mol. The van der Waals surface area contributed by atoms with Crippen LogP contribution in [0.4, 0.5) is 11.4 Å². The van der Waals surface area contributed by atoms with E-state index in [1.807, 2.05) is 25.4 Å². The molecule has 0 radical (unpaired) electrons. The molecule has 0 spiro atoms. The number of hydrogen-bond donors (Lipinski definition) is 2. The fourth-order valence-electron chi connectivity index (χ4n) is 2.41. The molecule has 7 heteroatoms. The fourth-order valence-corrected chi connectivity index (χ4v) is 2.41. The number of amides is 1. The van der Waals surface area contributed by atoms with Gasteiger partial charge in [0.2, 0.25) is 0 Å². The van der Waals surface area contributed by atoms with E-state index in [0.717, 1.165) is 16.7 Å². The number of aromatic nitrogens is 3. The van der Waals surface area contributed by atoms with Crippen LogP contribution in [0, 0.1) is 0 Å². The zero-order chi connectivity index (χ0) is 17.8. The molecule has 1 amide bonds. The molecule has 0 fully saturated rings. The van der Waals surface area contributed by atoms with Crippen molar-refractivity contribution in [2.45, 2.75) is 6.61 Å². The van der Waals surface area contributed by atoms with E-state index in [2.05, 4.69) is 15.4 Å². The highest BCUT2D eigenvalue weighted by molar-refractivity contribution is 6.04. The van der Waals surface area contributed by atoms with Crippen LogP contribution in [0.2, 0.25) is 0 Å². The monoisotopic (exact) mass is 337 g/mol. The highest BCUT2D eigenvalue weighted by Gasteiger charge is 2.11. The second-order valence-electron chi connectivity index (χ2n) is 5.64. The van der Waals surface area contributed by atoms with Crippen molar-refractivity contribution >= 4 is 17.3 Å². The first-order chi connectivity index (χ1) is 12.1. The summed E-state index contributed by atoms with van der Waals surface area (Å²) in [5.74, 6) is -0.320. The summed E-state index contributed by atoms with van der Waals surface area (Å²) < 4.78 is 6.75. The lowest BCUT2D eigenvalue weighted by molar-refractivity contribution is 0.102. The predicted molar refractivity (Wildman–Crippen MR) is 96.0 cm³/mol. The molecule has 7 nitrogen and oxygen atoms in total. The van der Waals surface area contributed by atoms with E-state index in [1.54, 1.807) is 42.4 Å². The number of methoxy groups -OCH3 is 1. The molecule has 0 saturated heterocycles. The third-order valence-corrected chi connectivity index (χ3v) is 3.71. The van der Waals surface area contributed by atoms with Crippen molar-refractivity contribution in [3.8, 4) is 11.1 Å². The minimum absolute atomic E-state index is 0.311. The molecule has 3 aromatic rings. The van der Waals surface area contributed by atoms with Gasteiger partial charge in [-0.2, -0.15) is 5.10 Å². The summed E-state index contributed by atoms with van der Waals surface area (Å²) >= 11 is 0. The molecule has 1 aromatic carbocycles. The predicted octanol–water partition coefficient (Wildman–Crippen LogP) is 2.46. The van der Waals surface area contributed by atoms with Gasteiger partial charge in [0.15, 0.2) is 0 Å². The van der Waals surface area contributed by atoms with Crippen molar-refractivity contribution in [1.29, 1.82) is 0 Å². The molecular weight excluding hydrogens is 318 g/mol. The molecule has 0 saturated carbocycles. The van der Waals surface area contributed by atoms with Crippen LogP contribution in [0.1, 0.15) is 16.1 Å². The smallest absolute Gasteiger partial charge is 0.274 e. The Morgan fingerprint density at radius 2 is 2.08 bits per heavy atom. The van der Waals surface area contributed by atoms with Crippen LogP contribution < -0.4 is 11.1 Å². The molecule has 0 aliphatic heterocycles. The van der Waals surface area contributed by atoms with E-state index < -0.39 is 0 Å². The number of anilines is 2. The topological polar surface area (TPSA) is 95.1 Å². The average Bonchev–Trinajstić information content (AvgIpc) is 3.04. The standard InChI is InChI=1S/C18H19N5O2/c1-23-10-14(9-21-23)13-4-5-15(19)17(7-13)22-18(24)16-6-3-12(8-20-16)11-25-2/h3-10H,11,19H2,1-2H3,(H,22,24). The van der Waals surface area contributed by atoms with Gasteiger partial charge < -0.3 is 15.8 Å². The van der Waals surface area contributed by atoms with E-state index in [9.17, 15) is 4.79 Å². The number of nitrogens with two attached hydrogens (primary N) is 1. The minimum Gasteiger partial charge on any atom is -0.397 e. The van der Waals surface area contributed by atoms with Crippen LogP contribution in [0.25, 0.3) is 11.1 Å². The Kier molecular flexibility index (Phi) is 4.76. The highest BCUT2D eigenvalue weighted by Crippen LogP contribution is 2.27. The lowest BCUT2D eigenvalue weighted by Crippen LogP contribution is -2.15. The van der Waals surface area contributed by atoms with Crippen molar-refractivity contribution < 1.29 is 9.53 Å². The summed E-state index contributed by atoms with van der Waals surface area (Å²) in [5.41, 5.74) is 10.1. The Balaban J connectivity index is 1.80. The third kappa shape index (κ3) is 3.84. The number of carbonyl (C=O) groups excluding carboxylic acids is 1. The number of ether oxygens (including phenoxy) is 1. The van der Waals surface area contributed by atoms with Crippen LogP contribution in [-0.4, -0.2) is 27.8 Å². The van der Waals surface area contributed by atoms with E-state index in [-0.39, 0.29) is 5.91 Å². The summed E-state index contributed by atoms with van der Waals surface area (Å²) in [4.78, 5) is 16.6. The first-order valence-corrected chi connectivity index (χ1v) is 7.70. The largest absolute Gasteiger partial charge is 0.397 e. The maximum absolute atomic E-state index is 12.4. The zero-order valence-electron chi connectivity index (χ0n) is 14.1. The maximum Gasteiger partial charge on any atom is 0.274 e. The molecule has 0 unspecified atom stereocenters. The third-order valence-electron chi connectivity index (χ3n) is 3.71. The lowest BCUT2D eigenvalue weighted by Gasteiger charge is -2.10. The molecular formula is C18H19N5O2. The summed E-state index contributed by atoms with van der Waals surface area (Å²) in [5, 5.41) is 6.96. The van der Waals surface area contributed by atoms with Crippen molar-refractivity contribution in [1.82, 2.24) is 14.8 Å². The SMILES string of the molecule is COCc1ccc(C(=O)Nc2cc(-c3cnn(C)c3)ccc2N)nc1. The number of aryl methyl sites for hydroxylation is 1. The molecule has 0 atom stereocenters. The Labute approximate surface area is 145 Å². The van der Waals surface area contributed by atoms with Crippen LogP contribution in [0.15, 0.2) is 48.9 Å². The van der Waals surface area contributed by atoms with Crippen LogP contribution in [-0.2, 0) is 18.4 Å². The van der Waals surface area contributed by atoms with Gasteiger partial charge in [-0.05, 0) is 29.3 Å². The minimum atomic E-state index is -0.320. The Morgan fingerprint density at radius 1 is 1.24 bits per heavy atom. The summed E-state index contributed by atoms with van der Waals surface area (Å²) in [6.07, 6.45) is 5.27. The molecule has 2 heterocycles. The van der Waals surface area contributed by atoms with Crippen LogP contribution in [0.5, 0.6) is 0 Å². The van der Waals surface area contributed by atoms with E-state index in [0.29, 0.717) is 23.7 Å². The Hall–Kier alpha value is -3.19. The number of nitrogens with one attached hydrogen (secondary N) is 1. The highest BCUT2D eigenvalue weighted by atomic mass is 16.5. The molecule has 3 N–H and O–H groups in total. The lowest BCUT2D eigenvalue weighted by atomic mass is 10.1. The number of benzene rings is 1. The second-order valence-corrected chi connectivity index (χ2v) is 5.64. The Morgan fingerprint density at radius 3 is 2.72 bits per heavy atom. The number of nitrogens with zero attached hydrogens (tertiary/aromatic N) is 3. The van der Waals surface area contributed by atoms with Gasteiger partial charge in [0.1, 0.15) is 5.69 Å². The first-order valence-electron chi connectivity index (χ1n) is 7.70. The number of pyridine rings is 1. The maximum atomic E-state index is 12.4. The molecule has 25 heavy (non-hydrogen) atoms. The quantitative estimate of drug-likeness (QED) is 0.697. The van der Waals surface area contributed by atoms with Crippen molar-refractivity contribution in [3.05, 3.63) is 60.2 Å². The second kappa shape index (κ2) is 7.14. The number of nitrogen functional groups attached to an aromatic ring is 1. The molecule has 0 bridgehead atoms. The van der Waals surface area contributed by atoms with Gasteiger partial charge >= 0.3 is 0 Å². The Bertz CT molecular complexity index is 887. The summed E-state index contributed by atoms with van der Waals surface area (Å²) in [6.45, 7) is 0.453.